The zero-order chi connectivity index (χ0) is 12.8. The number of nitrogens with one attached hydrogen (secondary N) is 1. The highest BCUT2D eigenvalue weighted by Crippen LogP contribution is 2.24. The van der Waals surface area contributed by atoms with Gasteiger partial charge in [0, 0.05) is 13.1 Å². The van der Waals surface area contributed by atoms with Crippen LogP contribution in [0.1, 0.15) is 25.3 Å². The third-order valence-electron chi connectivity index (χ3n) is 3.77. The van der Waals surface area contributed by atoms with Crippen LogP contribution in [0.15, 0.2) is 43.0 Å². The molecule has 0 spiro atoms. The van der Waals surface area contributed by atoms with E-state index in [4.69, 9.17) is 0 Å². The summed E-state index contributed by atoms with van der Waals surface area (Å²) in [7, 11) is 0. The number of benzene rings is 1. The Morgan fingerprint density at radius 3 is 2.89 bits per heavy atom. The van der Waals surface area contributed by atoms with Gasteiger partial charge in [0.25, 0.3) is 0 Å². The second-order valence-corrected chi connectivity index (χ2v) is 5.33. The minimum absolute atomic E-state index is 0.0684. The lowest BCUT2D eigenvalue weighted by Gasteiger charge is -2.34. The predicted octanol–water partition coefficient (Wildman–Crippen LogP) is 2.77. The molecule has 1 saturated heterocycles. The van der Waals surface area contributed by atoms with Gasteiger partial charge in [0.2, 0.25) is 0 Å². The summed E-state index contributed by atoms with van der Waals surface area (Å²) in [6, 6.07) is 10.8. The van der Waals surface area contributed by atoms with Crippen molar-refractivity contribution in [2.24, 2.45) is 0 Å². The van der Waals surface area contributed by atoms with Crippen LogP contribution < -0.4 is 5.32 Å². The van der Waals surface area contributed by atoms with Gasteiger partial charge in [-0.3, -0.25) is 0 Å². The molecule has 18 heavy (non-hydrogen) atoms. The van der Waals surface area contributed by atoms with E-state index in [1.54, 1.807) is 0 Å². The number of hydrogen-bond acceptors (Lipinski definition) is 2. The molecule has 2 heteroatoms. The van der Waals surface area contributed by atoms with Gasteiger partial charge in [0.05, 0.1) is 5.54 Å². The van der Waals surface area contributed by atoms with Gasteiger partial charge < -0.3 is 10.2 Å². The Labute approximate surface area is 111 Å². The van der Waals surface area contributed by atoms with E-state index in [9.17, 15) is 0 Å². The first-order valence-corrected chi connectivity index (χ1v) is 6.88. The molecule has 1 unspecified atom stereocenters. The summed E-state index contributed by atoms with van der Waals surface area (Å²) in [6.45, 7) is 10.6. The lowest BCUT2D eigenvalue weighted by molar-refractivity contribution is 0.224. The van der Waals surface area contributed by atoms with Crippen molar-refractivity contribution >= 4 is 0 Å². The molecule has 0 aliphatic carbocycles. The molecule has 1 aliphatic heterocycles. The van der Waals surface area contributed by atoms with E-state index in [1.165, 1.54) is 18.5 Å². The maximum Gasteiger partial charge on any atom is 0.0534 e. The first kappa shape index (κ1) is 13.3. The lowest BCUT2D eigenvalue weighted by Crippen LogP contribution is -2.46. The van der Waals surface area contributed by atoms with Gasteiger partial charge in [-0.25, -0.2) is 0 Å². The fourth-order valence-corrected chi connectivity index (χ4v) is 2.71. The third-order valence-corrected chi connectivity index (χ3v) is 3.77. The Hall–Kier alpha value is -1.12. The summed E-state index contributed by atoms with van der Waals surface area (Å²) >= 11 is 0. The molecule has 1 fully saturated rings. The predicted molar refractivity (Wildman–Crippen MR) is 77.7 cm³/mol. The van der Waals surface area contributed by atoms with E-state index < -0.39 is 0 Å². The van der Waals surface area contributed by atoms with E-state index in [0.29, 0.717) is 0 Å². The minimum Gasteiger partial charge on any atom is -0.307 e. The first-order valence-electron chi connectivity index (χ1n) is 6.88. The maximum atomic E-state index is 3.82. The highest BCUT2D eigenvalue weighted by Gasteiger charge is 2.30. The highest BCUT2D eigenvalue weighted by atomic mass is 15.2. The molecule has 1 aliphatic rings. The molecular formula is C16H24N2. The summed E-state index contributed by atoms with van der Waals surface area (Å²) in [5, 5.41) is 3.71. The van der Waals surface area contributed by atoms with Gasteiger partial charge in [0.15, 0.2) is 0 Å². The quantitative estimate of drug-likeness (QED) is 0.819. The van der Waals surface area contributed by atoms with Gasteiger partial charge in [-0.15, -0.1) is 6.58 Å². The zero-order valence-electron chi connectivity index (χ0n) is 11.4. The number of rotatable bonds is 4. The molecule has 98 valence electrons. The topological polar surface area (TPSA) is 15.3 Å². The monoisotopic (exact) mass is 244 g/mol. The molecule has 1 atom stereocenters. The van der Waals surface area contributed by atoms with Crippen LogP contribution in [-0.2, 0) is 5.54 Å². The maximum absolute atomic E-state index is 3.82. The zero-order valence-corrected chi connectivity index (χ0v) is 11.4. The molecule has 0 bridgehead atoms. The van der Waals surface area contributed by atoms with Gasteiger partial charge in [-0.1, -0.05) is 36.4 Å². The van der Waals surface area contributed by atoms with Crippen LogP contribution in [0.2, 0.25) is 0 Å². The lowest BCUT2D eigenvalue weighted by atomic mass is 9.91. The summed E-state index contributed by atoms with van der Waals surface area (Å²) in [5.74, 6) is 0. The van der Waals surface area contributed by atoms with Gasteiger partial charge in [-0.2, -0.15) is 0 Å². The molecule has 1 aromatic rings. The molecule has 2 rings (SSSR count). The number of hydrogen-bond donors (Lipinski definition) is 1. The van der Waals surface area contributed by atoms with E-state index in [2.05, 4.69) is 54.1 Å². The first-order chi connectivity index (χ1) is 8.74. The normalized spacial score (nSPS) is 25.6. The van der Waals surface area contributed by atoms with Crippen LogP contribution in [0.4, 0.5) is 0 Å². The fourth-order valence-electron chi connectivity index (χ4n) is 2.71. The molecular weight excluding hydrogens is 220 g/mol. The van der Waals surface area contributed by atoms with E-state index >= 15 is 0 Å². The summed E-state index contributed by atoms with van der Waals surface area (Å²) in [6.07, 6.45) is 4.31. The summed E-state index contributed by atoms with van der Waals surface area (Å²) < 4.78 is 0. The second-order valence-electron chi connectivity index (χ2n) is 5.33. The third kappa shape index (κ3) is 3.21. The van der Waals surface area contributed by atoms with Crippen LogP contribution in [0.5, 0.6) is 0 Å². The Kier molecular flexibility index (Phi) is 4.56. The Morgan fingerprint density at radius 2 is 2.17 bits per heavy atom. The molecule has 1 N–H and O–H groups in total. The van der Waals surface area contributed by atoms with Gasteiger partial charge >= 0.3 is 0 Å². The van der Waals surface area contributed by atoms with Crippen molar-refractivity contribution in [2.45, 2.75) is 25.3 Å². The van der Waals surface area contributed by atoms with Crippen LogP contribution >= 0.6 is 0 Å². The van der Waals surface area contributed by atoms with E-state index in [1.807, 2.05) is 6.08 Å². The van der Waals surface area contributed by atoms with E-state index in [0.717, 1.165) is 26.1 Å². The van der Waals surface area contributed by atoms with Crippen molar-refractivity contribution < 1.29 is 0 Å². The van der Waals surface area contributed by atoms with E-state index in [-0.39, 0.29) is 5.54 Å². The Bertz CT molecular complexity index is 374. The van der Waals surface area contributed by atoms with Crippen LogP contribution in [0.3, 0.4) is 0 Å². The second kappa shape index (κ2) is 6.17. The minimum atomic E-state index is 0.0684. The van der Waals surface area contributed by atoms with Crippen molar-refractivity contribution in [2.75, 3.05) is 26.2 Å². The van der Waals surface area contributed by atoms with Crippen molar-refractivity contribution in [1.82, 2.24) is 10.2 Å². The Balaban J connectivity index is 2.12. The van der Waals surface area contributed by atoms with Crippen molar-refractivity contribution in [3.05, 3.63) is 48.6 Å². The van der Waals surface area contributed by atoms with Crippen LogP contribution in [0.25, 0.3) is 0 Å². The van der Waals surface area contributed by atoms with Crippen molar-refractivity contribution in [1.29, 1.82) is 0 Å². The average Bonchev–Trinajstić information content (AvgIpc) is 2.60. The highest BCUT2D eigenvalue weighted by molar-refractivity contribution is 5.24. The summed E-state index contributed by atoms with van der Waals surface area (Å²) in [4.78, 5) is 2.55. The fraction of sp³-hybridized carbons (Fsp3) is 0.500. The molecule has 0 radical (unpaired) electrons. The summed E-state index contributed by atoms with van der Waals surface area (Å²) in [5.41, 5.74) is 1.45. The Morgan fingerprint density at radius 1 is 1.39 bits per heavy atom. The smallest absolute Gasteiger partial charge is 0.0534 e. The van der Waals surface area contributed by atoms with Crippen LogP contribution in [0, 0.1) is 0 Å². The van der Waals surface area contributed by atoms with Crippen molar-refractivity contribution in [3.8, 4) is 0 Å². The molecule has 0 saturated carbocycles. The molecule has 2 nitrogen and oxygen atoms in total. The number of nitrogens with zero attached hydrogens (tertiary/aromatic N) is 1. The van der Waals surface area contributed by atoms with Gasteiger partial charge in [0.1, 0.15) is 0 Å². The van der Waals surface area contributed by atoms with Crippen molar-refractivity contribution in [3.63, 3.8) is 0 Å². The van der Waals surface area contributed by atoms with Gasteiger partial charge in [-0.05, 0) is 38.4 Å². The molecule has 0 amide bonds. The average molecular weight is 244 g/mol. The molecule has 1 aromatic carbocycles. The van der Waals surface area contributed by atoms with Crippen LogP contribution in [-0.4, -0.2) is 31.1 Å². The molecule has 0 aromatic heterocycles. The molecule has 1 heterocycles. The largest absolute Gasteiger partial charge is 0.307 e. The standard InChI is InChI=1S/C16H24N2/c1-3-4-12-18-13-8-11-17-16(2,14-18)15-9-6-5-7-10-15/h3,5-7,9-10,17H,1,4,8,11-14H2,2H3. The SMILES string of the molecule is C=CCCN1CCCNC(C)(c2ccccc2)C1.